The number of ether oxygens (including phenoxy) is 1. The number of hydrogen-bond acceptors (Lipinski definition) is 3. The lowest BCUT2D eigenvalue weighted by Crippen LogP contribution is -1.97. The number of unbranched alkanes of at least 4 members (excludes halogenated alkanes) is 1. The molecule has 3 nitrogen and oxygen atoms in total. The smallest absolute Gasteiger partial charge is 0.130 e. The molecule has 18 heavy (non-hydrogen) atoms. The number of nitrogens with zero attached hydrogens (tertiary/aromatic N) is 2. The van der Waals surface area contributed by atoms with Gasteiger partial charge in [0.15, 0.2) is 0 Å². The Bertz CT molecular complexity index is 508. The Hall–Kier alpha value is -2.33. The van der Waals surface area contributed by atoms with Crippen LogP contribution in [0.25, 0.3) is 6.08 Å². The maximum Gasteiger partial charge on any atom is 0.130 e. The average molecular weight is 244 g/mol. The predicted octanol–water partition coefficient (Wildman–Crippen LogP) is 3.44. The molecule has 1 aromatic rings. The van der Waals surface area contributed by atoms with Crippen molar-refractivity contribution < 1.29 is 9.13 Å². The van der Waals surface area contributed by atoms with Crippen molar-refractivity contribution in [1.29, 1.82) is 10.5 Å². The summed E-state index contributed by atoms with van der Waals surface area (Å²) in [6.07, 6.45) is 3.22. The number of rotatable bonds is 5. The zero-order valence-corrected chi connectivity index (χ0v) is 10.1. The van der Waals surface area contributed by atoms with Gasteiger partial charge in [-0.05, 0) is 30.2 Å². The quantitative estimate of drug-likeness (QED) is 0.589. The van der Waals surface area contributed by atoms with Crippen LogP contribution in [0.1, 0.15) is 25.3 Å². The lowest BCUT2D eigenvalue weighted by atomic mass is 10.1. The molecule has 0 aromatic heterocycles. The summed E-state index contributed by atoms with van der Waals surface area (Å²) < 4.78 is 18.7. The van der Waals surface area contributed by atoms with Gasteiger partial charge in [0.2, 0.25) is 0 Å². The van der Waals surface area contributed by atoms with E-state index >= 15 is 0 Å². The molecule has 0 atom stereocenters. The van der Waals surface area contributed by atoms with Gasteiger partial charge in [-0.25, -0.2) is 4.39 Å². The van der Waals surface area contributed by atoms with Gasteiger partial charge in [-0.2, -0.15) is 10.5 Å². The van der Waals surface area contributed by atoms with Crippen molar-refractivity contribution in [2.45, 2.75) is 19.8 Å². The minimum atomic E-state index is -0.453. The van der Waals surface area contributed by atoms with Crippen molar-refractivity contribution >= 4 is 6.08 Å². The van der Waals surface area contributed by atoms with Crippen molar-refractivity contribution in [3.8, 4) is 17.9 Å². The standard InChI is InChI=1S/C14H13FN2O/c1-2-3-4-18-14-7-11(6-13(15)8-14)5-12(9-16)10-17/h5-8H,2-4H2,1H3. The molecule has 1 aromatic carbocycles. The van der Waals surface area contributed by atoms with Crippen LogP contribution in [0, 0.1) is 28.5 Å². The first kappa shape index (κ1) is 13.7. The van der Waals surface area contributed by atoms with Crippen molar-refractivity contribution in [2.75, 3.05) is 6.61 Å². The Morgan fingerprint density at radius 2 is 2.06 bits per heavy atom. The minimum absolute atomic E-state index is 0.0693. The second-order valence-corrected chi connectivity index (χ2v) is 3.70. The van der Waals surface area contributed by atoms with Gasteiger partial charge in [0.25, 0.3) is 0 Å². The molecule has 0 heterocycles. The highest BCUT2D eigenvalue weighted by Crippen LogP contribution is 2.19. The van der Waals surface area contributed by atoms with Gasteiger partial charge >= 0.3 is 0 Å². The highest BCUT2D eigenvalue weighted by Gasteiger charge is 2.02. The van der Waals surface area contributed by atoms with E-state index in [1.165, 1.54) is 18.2 Å². The molecule has 92 valence electrons. The molecule has 0 bridgehead atoms. The maximum atomic E-state index is 13.3. The summed E-state index contributed by atoms with van der Waals surface area (Å²) in [5.74, 6) is -0.0459. The minimum Gasteiger partial charge on any atom is -0.493 e. The van der Waals surface area contributed by atoms with Crippen molar-refractivity contribution in [3.05, 3.63) is 35.2 Å². The monoisotopic (exact) mass is 244 g/mol. The normalized spacial score (nSPS) is 9.11. The Kier molecular flexibility index (Phi) is 5.41. The zero-order chi connectivity index (χ0) is 13.4. The SMILES string of the molecule is CCCCOc1cc(F)cc(C=C(C#N)C#N)c1. The summed E-state index contributed by atoms with van der Waals surface area (Å²) in [6.45, 7) is 2.56. The van der Waals surface area contributed by atoms with Crippen LogP contribution in [0.2, 0.25) is 0 Å². The number of hydrogen-bond donors (Lipinski definition) is 0. The van der Waals surface area contributed by atoms with E-state index in [1.54, 1.807) is 18.2 Å². The molecule has 0 aliphatic carbocycles. The molecule has 0 amide bonds. The highest BCUT2D eigenvalue weighted by atomic mass is 19.1. The first-order chi connectivity index (χ1) is 8.69. The second kappa shape index (κ2) is 7.09. The van der Waals surface area contributed by atoms with Crippen LogP contribution >= 0.6 is 0 Å². The summed E-state index contributed by atoms with van der Waals surface area (Å²) in [7, 11) is 0. The van der Waals surface area contributed by atoms with Gasteiger partial charge in [0.05, 0.1) is 6.61 Å². The summed E-state index contributed by atoms with van der Waals surface area (Å²) in [4.78, 5) is 0. The van der Waals surface area contributed by atoms with E-state index in [0.717, 1.165) is 12.8 Å². The third kappa shape index (κ3) is 4.27. The van der Waals surface area contributed by atoms with Crippen LogP contribution in [0.4, 0.5) is 4.39 Å². The lowest BCUT2D eigenvalue weighted by Gasteiger charge is -2.06. The molecule has 0 saturated heterocycles. The Balaban J connectivity index is 2.92. The molecule has 0 aliphatic heterocycles. The van der Waals surface area contributed by atoms with E-state index in [-0.39, 0.29) is 5.57 Å². The van der Waals surface area contributed by atoms with Gasteiger partial charge in [-0.3, -0.25) is 0 Å². The van der Waals surface area contributed by atoms with E-state index in [2.05, 4.69) is 0 Å². The van der Waals surface area contributed by atoms with Gasteiger partial charge < -0.3 is 4.74 Å². The number of halogens is 1. The Morgan fingerprint density at radius 1 is 1.33 bits per heavy atom. The number of allylic oxidation sites excluding steroid dienone is 1. The van der Waals surface area contributed by atoms with Gasteiger partial charge in [0, 0.05) is 6.07 Å². The molecule has 0 unspecified atom stereocenters. The van der Waals surface area contributed by atoms with Gasteiger partial charge in [-0.1, -0.05) is 13.3 Å². The highest BCUT2D eigenvalue weighted by molar-refractivity contribution is 5.63. The van der Waals surface area contributed by atoms with Crippen molar-refractivity contribution in [2.24, 2.45) is 0 Å². The molecule has 1 rings (SSSR count). The van der Waals surface area contributed by atoms with E-state index in [1.807, 2.05) is 6.92 Å². The first-order valence-corrected chi connectivity index (χ1v) is 5.65. The second-order valence-electron chi connectivity index (χ2n) is 3.70. The maximum absolute atomic E-state index is 13.3. The molecule has 0 N–H and O–H groups in total. The van der Waals surface area contributed by atoms with Crippen LogP contribution in [0.3, 0.4) is 0 Å². The van der Waals surface area contributed by atoms with Crippen molar-refractivity contribution in [3.63, 3.8) is 0 Å². The van der Waals surface area contributed by atoms with Crippen LogP contribution in [0.5, 0.6) is 5.75 Å². The molecule has 4 heteroatoms. The van der Waals surface area contributed by atoms with E-state index in [9.17, 15) is 4.39 Å². The van der Waals surface area contributed by atoms with E-state index in [0.29, 0.717) is 17.9 Å². The van der Waals surface area contributed by atoms with Crippen molar-refractivity contribution in [1.82, 2.24) is 0 Å². The topological polar surface area (TPSA) is 56.8 Å². The molecule has 0 aliphatic rings. The van der Waals surface area contributed by atoms with Gasteiger partial charge in [0.1, 0.15) is 29.3 Å². The molecule has 0 radical (unpaired) electrons. The fourth-order valence-electron chi connectivity index (χ4n) is 1.34. The summed E-state index contributed by atoms with van der Waals surface area (Å²) in [5.41, 5.74) is 0.375. The average Bonchev–Trinajstić information content (AvgIpc) is 2.35. The summed E-state index contributed by atoms with van der Waals surface area (Å²) >= 11 is 0. The molecular formula is C14H13FN2O. The molecular weight excluding hydrogens is 231 g/mol. The molecule has 0 spiro atoms. The number of nitriles is 2. The Labute approximate surface area is 106 Å². The van der Waals surface area contributed by atoms with Gasteiger partial charge in [-0.15, -0.1) is 0 Å². The summed E-state index contributed by atoms with van der Waals surface area (Å²) in [5, 5.41) is 17.3. The largest absolute Gasteiger partial charge is 0.493 e. The van der Waals surface area contributed by atoms with Crippen LogP contribution in [0.15, 0.2) is 23.8 Å². The van der Waals surface area contributed by atoms with Crippen LogP contribution < -0.4 is 4.74 Å². The predicted molar refractivity (Wildman–Crippen MR) is 66.0 cm³/mol. The summed E-state index contributed by atoms with van der Waals surface area (Å²) in [6, 6.07) is 7.60. The van der Waals surface area contributed by atoms with E-state index < -0.39 is 5.82 Å². The molecule has 0 fully saturated rings. The fraction of sp³-hybridized carbons (Fsp3) is 0.286. The van der Waals surface area contributed by atoms with E-state index in [4.69, 9.17) is 15.3 Å². The Morgan fingerprint density at radius 3 is 2.67 bits per heavy atom. The van der Waals surface area contributed by atoms with Crippen LogP contribution in [-0.4, -0.2) is 6.61 Å². The fourth-order valence-corrected chi connectivity index (χ4v) is 1.34. The molecule has 0 saturated carbocycles. The first-order valence-electron chi connectivity index (χ1n) is 5.65. The number of benzene rings is 1. The van der Waals surface area contributed by atoms with Crippen LogP contribution in [-0.2, 0) is 0 Å². The third-order valence-corrected chi connectivity index (χ3v) is 2.21. The lowest BCUT2D eigenvalue weighted by molar-refractivity contribution is 0.308. The zero-order valence-electron chi connectivity index (χ0n) is 10.1. The third-order valence-electron chi connectivity index (χ3n) is 2.21.